The summed E-state index contributed by atoms with van der Waals surface area (Å²) in [5.74, 6) is 0. The Bertz CT molecular complexity index is 211. The van der Waals surface area contributed by atoms with E-state index in [1.54, 1.807) is 0 Å². The number of likely N-dealkylation sites (tertiary alicyclic amines) is 1. The number of ether oxygens (including phenoxy) is 1. The summed E-state index contributed by atoms with van der Waals surface area (Å²) in [4.78, 5) is 2.59. The molecule has 0 radical (unpaired) electrons. The average Bonchev–Trinajstić information content (AvgIpc) is 2.31. The molecule has 0 spiro atoms. The molecular formula is C15H32N2O. The quantitative estimate of drug-likeness (QED) is 0.725. The first-order valence-corrected chi connectivity index (χ1v) is 7.61. The van der Waals surface area contributed by atoms with Crippen molar-refractivity contribution in [3.05, 3.63) is 0 Å². The van der Waals surface area contributed by atoms with Crippen LogP contribution in [0, 0.1) is 5.41 Å². The summed E-state index contributed by atoms with van der Waals surface area (Å²) in [7, 11) is 0. The van der Waals surface area contributed by atoms with Crippen LogP contribution < -0.4 is 5.73 Å². The minimum atomic E-state index is 0.415. The van der Waals surface area contributed by atoms with Crippen LogP contribution in [0.5, 0.6) is 0 Å². The van der Waals surface area contributed by atoms with Crippen LogP contribution in [0.1, 0.15) is 52.9 Å². The van der Waals surface area contributed by atoms with Crippen molar-refractivity contribution in [3.63, 3.8) is 0 Å². The minimum absolute atomic E-state index is 0.415. The van der Waals surface area contributed by atoms with Gasteiger partial charge in [-0.15, -0.1) is 0 Å². The molecular weight excluding hydrogens is 224 g/mol. The van der Waals surface area contributed by atoms with Crippen LogP contribution in [0.15, 0.2) is 0 Å². The van der Waals surface area contributed by atoms with Crippen molar-refractivity contribution in [3.8, 4) is 0 Å². The molecule has 0 atom stereocenters. The predicted molar refractivity (Wildman–Crippen MR) is 77.8 cm³/mol. The standard InChI is InChI=1S/C15H32N2O/c1-4-18-14-6-12-17(13-7-14)11-5-8-15(2,3)9-10-16/h14H,4-13,16H2,1-3H3. The molecule has 0 amide bonds. The van der Waals surface area contributed by atoms with Crippen LogP contribution in [-0.2, 0) is 4.74 Å². The van der Waals surface area contributed by atoms with Crippen molar-refractivity contribution in [2.75, 3.05) is 32.8 Å². The van der Waals surface area contributed by atoms with Gasteiger partial charge in [-0.25, -0.2) is 0 Å². The monoisotopic (exact) mass is 256 g/mol. The first-order chi connectivity index (χ1) is 8.57. The lowest BCUT2D eigenvalue weighted by Crippen LogP contribution is -2.37. The van der Waals surface area contributed by atoms with E-state index < -0.39 is 0 Å². The number of nitrogens with zero attached hydrogens (tertiary/aromatic N) is 1. The second-order valence-corrected chi connectivity index (χ2v) is 6.30. The van der Waals surface area contributed by atoms with Gasteiger partial charge in [0.2, 0.25) is 0 Å². The molecule has 108 valence electrons. The fraction of sp³-hybridized carbons (Fsp3) is 1.00. The van der Waals surface area contributed by atoms with Gasteiger partial charge in [0.1, 0.15) is 0 Å². The van der Waals surface area contributed by atoms with Gasteiger partial charge in [-0.2, -0.15) is 0 Å². The van der Waals surface area contributed by atoms with Gasteiger partial charge in [0.25, 0.3) is 0 Å². The van der Waals surface area contributed by atoms with Crippen LogP contribution in [0.25, 0.3) is 0 Å². The molecule has 0 bridgehead atoms. The molecule has 0 saturated carbocycles. The summed E-state index contributed by atoms with van der Waals surface area (Å²) in [5, 5.41) is 0. The van der Waals surface area contributed by atoms with E-state index in [0.29, 0.717) is 11.5 Å². The Morgan fingerprint density at radius 1 is 1.22 bits per heavy atom. The van der Waals surface area contributed by atoms with Crippen LogP contribution in [0.3, 0.4) is 0 Å². The molecule has 1 fully saturated rings. The Morgan fingerprint density at radius 2 is 1.89 bits per heavy atom. The van der Waals surface area contributed by atoms with Crippen molar-refractivity contribution in [2.24, 2.45) is 11.1 Å². The first-order valence-electron chi connectivity index (χ1n) is 7.61. The fourth-order valence-electron chi connectivity index (χ4n) is 2.83. The van der Waals surface area contributed by atoms with E-state index in [0.717, 1.165) is 19.6 Å². The summed E-state index contributed by atoms with van der Waals surface area (Å²) >= 11 is 0. The minimum Gasteiger partial charge on any atom is -0.378 e. The van der Waals surface area contributed by atoms with E-state index in [4.69, 9.17) is 10.5 Å². The lowest BCUT2D eigenvalue weighted by atomic mass is 9.84. The van der Waals surface area contributed by atoms with E-state index in [9.17, 15) is 0 Å². The third kappa shape index (κ3) is 6.17. The van der Waals surface area contributed by atoms with Crippen molar-refractivity contribution >= 4 is 0 Å². The zero-order valence-corrected chi connectivity index (χ0v) is 12.6. The molecule has 0 aliphatic carbocycles. The Labute approximate surface area is 113 Å². The van der Waals surface area contributed by atoms with Crippen LogP contribution in [0.2, 0.25) is 0 Å². The highest BCUT2D eigenvalue weighted by molar-refractivity contribution is 4.74. The number of piperidine rings is 1. The van der Waals surface area contributed by atoms with Crippen molar-refractivity contribution in [1.82, 2.24) is 4.90 Å². The maximum Gasteiger partial charge on any atom is 0.0599 e. The average molecular weight is 256 g/mol. The van der Waals surface area contributed by atoms with E-state index in [-0.39, 0.29) is 0 Å². The SMILES string of the molecule is CCOC1CCN(CCCC(C)(C)CCN)CC1. The van der Waals surface area contributed by atoms with Gasteiger partial charge in [-0.05, 0) is 57.5 Å². The first kappa shape index (κ1) is 15.9. The second-order valence-electron chi connectivity index (χ2n) is 6.30. The van der Waals surface area contributed by atoms with Crippen LogP contribution in [-0.4, -0.2) is 43.8 Å². The van der Waals surface area contributed by atoms with E-state index in [1.807, 2.05) is 0 Å². The van der Waals surface area contributed by atoms with E-state index in [2.05, 4.69) is 25.7 Å². The van der Waals surface area contributed by atoms with Gasteiger partial charge in [0.15, 0.2) is 0 Å². The summed E-state index contributed by atoms with van der Waals surface area (Å²) in [6, 6.07) is 0. The lowest BCUT2D eigenvalue weighted by molar-refractivity contribution is 0.0134. The molecule has 0 unspecified atom stereocenters. The molecule has 0 aromatic carbocycles. The molecule has 2 N–H and O–H groups in total. The Balaban J connectivity index is 2.11. The summed E-state index contributed by atoms with van der Waals surface area (Å²) in [6.45, 7) is 12.1. The van der Waals surface area contributed by atoms with Gasteiger partial charge in [-0.3, -0.25) is 0 Å². The molecule has 1 heterocycles. The largest absolute Gasteiger partial charge is 0.378 e. The number of nitrogens with two attached hydrogens (primary N) is 1. The highest BCUT2D eigenvalue weighted by Gasteiger charge is 2.20. The third-order valence-electron chi connectivity index (χ3n) is 4.09. The van der Waals surface area contributed by atoms with Gasteiger partial charge < -0.3 is 15.4 Å². The van der Waals surface area contributed by atoms with E-state index in [1.165, 1.54) is 45.3 Å². The zero-order chi connectivity index (χ0) is 13.4. The van der Waals surface area contributed by atoms with Crippen molar-refractivity contribution in [2.45, 2.75) is 59.0 Å². The van der Waals surface area contributed by atoms with E-state index >= 15 is 0 Å². The number of rotatable bonds is 8. The molecule has 1 aliphatic heterocycles. The summed E-state index contributed by atoms with van der Waals surface area (Å²) in [6.07, 6.45) is 6.65. The van der Waals surface area contributed by atoms with Gasteiger partial charge in [-0.1, -0.05) is 13.8 Å². The van der Waals surface area contributed by atoms with Crippen molar-refractivity contribution < 1.29 is 4.74 Å². The third-order valence-corrected chi connectivity index (χ3v) is 4.09. The number of hydrogen-bond donors (Lipinski definition) is 1. The Kier molecular flexibility index (Phi) is 7.20. The highest BCUT2D eigenvalue weighted by atomic mass is 16.5. The highest BCUT2D eigenvalue weighted by Crippen LogP contribution is 2.26. The second kappa shape index (κ2) is 8.13. The molecule has 18 heavy (non-hydrogen) atoms. The fourth-order valence-corrected chi connectivity index (χ4v) is 2.83. The topological polar surface area (TPSA) is 38.5 Å². The predicted octanol–water partition coefficient (Wildman–Crippen LogP) is 2.64. The van der Waals surface area contributed by atoms with Crippen molar-refractivity contribution in [1.29, 1.82) is 0 Å². The van der Waals surface area contributed by atoms with Gasteiger partial charge in [0.05, 0.1) is 6.10 Å². The molecule has 1 aliphatic rings. The van der Waals surface area contributed by atoms with Crippen LogP contribution in [0.4, 0.5) is 0 Å². The zero-order valence-electron chi connectivity index (χ0n) is 12.6. The summed E-state index contributed by atoms with van der Waals surface area (Å²) < 4.78 is 5.68. The maximum atomic E-state index is 5.68. The Hall–Kier alpha value is -0.120. The Morgan fingerprint density at radius 3 is 2.44 bits per heavy atom. The summed E-state index contributed by atoms with van der Waals surface area (Å²) in [5.41, 5.74) is 6.06. The number of hydrogen-bond acceptors (Lipinski definition) is 3. The lowest BCUT2D eigenvalue weighted by Gasteiger charge is -2.32. The molecule has 0 aromatic rings. The maximum absolute atomic E-state index is 5.68. The van der Waals surface area contributed by atoms with Gasteiger partial charge >= 0.3 is 0 Å². The molecule has 1 rings (SSSR count). The molecule has 0 aromatic heterocycles. The molecule has 3 nitrogen and oxygen atoms in total. The van der Waals surface area contributed by atoms with Crippen LogP contribution >= 0.6 is 0 Å². The van der Waals surface area contributed by atoms with Gasteiger partial charge in [0, 0.05) is 19.7 Å². The molecule has 1 saturated heterocycles. The normalized spacial score (nSPS) is 19.3. The smallest absolute Gasteiger partial charge is 0.0599 e. The molecule has 3 heteroatoms.